The molecule has 0 fully saturated rings. The first-order valence-corrected chi connectivity index (χ1v) is 6.40. The number of rotatable bonds is 5. The van der Waals surface area contributed by atoms with E-state index < -0.39 is 10.1 Å². The maximum atomic E-state index is 11.2. The van der Waals surface area contributed by atoms with Crippen LogP contribution < -0.4 is 0 Å². The second-order valence-corrected chi connectivity index (χ2v) is 5.20. The molecule has 1 radical (unpaired) electrons. The van der Waals surface area contributed by atoms with Crippen molar-refractivity contribution in [1.82, 2.24) is 0 Å². The van der Waals surface area contributed by atoms with Gasteiger partial charge in [0.2, 0.25) is 0 Å². The first-order valence-electron chi connectivity index (χ1n) is 4.44. The third kappa shape index (κ3) is 4.64. The van der Waals surface area contributed by atoms with Gasteiger partial charge in [0.25, 0.3) is 10.1 Å². The Labute approximate surface area is 95.1 Å². The Balaban J connectivity index is 2.54. The summed E-state index contributed by atoms with van der Waals surface area (Å²) in [5, 5.41) is 0.611. The van der Waals surface area contributed by atoms with Gasteiger partial charge in [-0.15, -0.1) is 0 Å². The van der Waals surface area contributed by atoms with Crippen molar-refractivity contribution >= 4 is 21.7 Å². The van der Waals surface area contributed by atoms with Crippen LogP contribution in [0.25, 0.3) is 0 Å². The normalized spacial score (nSPS) is 11.6. The van der Waals surface area contributed by atoms with Crippen molar-refractivity contribution in [2.75, 3.05) is 5.75 Å². The minimum atomic E-state index is -3.44. The monoisotopic (exact) mass is 247 g/mol. The predicted octanol–water partition coefficient (Wildman–Crippen LogP) is 2.41. The Bertz CT molecular complexity index is 397. The number of hydrogen-bond donors (Lipinski definition) is 0. The smallest absolute Gasteiger partial charge is 0.265 e. The quantitative estimate of drug-likeness (QED) is 0.751. The van der Waals surface area contributed by atoms with Crippen LogP contribution in [0.4, 0.5) is 0 Å². The van der Waals surface area contributed by atoms with E-state index in [9.17, 15) is 8.42 Å². The zero-order chi connectivity index (χ0) is 11.3. The largest absolute Gasteiger partial charge is 0.267 e. The fourth-order valence-corrected chi connectivity index (χ4v) is 1.89. The van der Waals surface area contributed by atoms with Crippen molar-refractivity contribution in [3.63, 3.8) is 0 Å². The van der Waals surface area contributed by atoms with Crippen LogP contribution in [0.5, 0.6) is 0 Å². The SMILES string of the molecule is [CH2]CCS(=O)(=O)OCc1ccc(Cl)cc1. The van der Waals surface area contributed by atoms with Crippen LogP contribution in [0.3, 0.4) is 0 Å². The molecule has 0 aliphatic heterocycles. The second-order valence-electron chi connectivity index (χ2n) is 3.00. The first-order chi connectivity index (χ1) is 7.03. The van der Waals surface area contributed by atoms with Crippen LogP contribution in [-0.2, 0) is 20.9 Å². The lowest BCUT2D eigenvalue weighted by atomic mass is 10.2. The molecule has 0 saturated heterocycles. The Kier molecular flexibility index (Phi) is 4.57. The lowest BCUT2D eigenvalue weighted by Gasteiger charge is -2.04. The highest BCUT2D eigenvalue weighted by Gasteiger charge is 2.09. The summed E-state index contributed by atoms with van der Waals surface area (Å²) in [4.78, 5) is 0. The number of halogens is 1. The molecule has 0 saturated carbocycles. The van der Waals surface area contributed by atoms with E-state index in [1.54, 1.807) is 24.3 Å². The fourth-order valence-electron chi connectivity index (χ4n) is 0.974. The highest BCUT2D eigenvalue weighted by molar-refractivity contribution is 7.86. The predicted molar refractivity (Wildman–Crippen MR) is 60.0 cm³/mol. The van der Waals surface area contributed by atoms with E-state index >= 15 is 0 Å². The average Bonchev–Trinajstić information content (AvgIpc) is 2.17. The van der Waals surface area contributed by atoms with Gasteiger partial charge in [0.1, 0.15) is 0 Å². The summed E-state index contributed by atoms with van der Waals surface area (Å²) in [6, 6.07) is 6.83. The topological polar surface area (TPSA) is 43.4 Å². The van der Waals surface area contributed by atoms with Crippen LogP contribution in [-0.4, -0.2) is 14.2 Å². The third-order valence-corrected chi connectivity index (χ3v) is 3.23. The van der Waals surface area contributed by atoms with Crippen molar-refractivity contribution in [1.29, 1.82) is 0 Å². The minimum absolute atomic E-state index is 0.0412. The standard InChI is InChI=1S/C10H12ClO3S/c1-2-7-15(12,13)14-8-9-3-5-10(11)6-4-9/h3-6H,1-2,7-8H2. The number of benzene rings is 1. The molecule has 83 valence electrons. The van der Waals surface area contributed by atoms with Crippen molar-refractivity contribution < 1.29 is 12.6 Å². The molecule has 0 aromatic heterocycles. The molecule has 0 spiro atoms. The van der Waals surface area contributed by atoms with Crippen molar-refractivity contribution in [3.05, 3.63) is 41.8 Å². The third-order valence-electron chi connectivity index (χ3n) is 1.71. The van der Waals surface area contributed by atoms with E-state index in [0.29, 0.717) is 11.4 Å². The van der Waals surface area contributed by atoms with Crippen LogP contribution in [0.2, 0.25) is 5.02 Å². The summed E-state index contributed by atoms with van der Waals surface area (Å²) < 4.78 is 27.1. The summed E-state index contributed by atoms with van der Waals surface area (Å²) in [6.45, 7) is 3.50. The Hall–Kier alpha value is -0.580. The van der Waals surface area contributed by atoms with Gasteiger partial charge >= 0.3 is 0 Å². The molecule has 0 heterocycles. The van der Waals surface area contributed by atoms with E-state index in [1.807, 2.05) is 0 Å². The maximum Gasteiger partial charge on any atom is 0.267 e. The molecule has 0 aliphatic carbocycles. The van der Waals surface area contributed by atoms with Crippen molar-refractivity contribution in [2.45, 2.75) is 13.0 Å². The summed E-state index contributed by atoms with van der Waals surface area (Å²) >= 11 is 5.68. The Morgan fingerprint density at radius 1 is 1.27 bits per heavy atom. The van der Waals surface area contributed by atoms with Gasteiger partial charge in [-0.3, -0.25) is 4.18 Å². The second kappa shape index (κ2) is 5.49. The number of hydrogen-bond acceptors (Lipinski definition) is 3. The van der Waals surface area contributed by atoms with E-state index in [-0.39, 0.29) is 12.4 Å². The van der Waals surface area contributed by atoms with Gasteiger partial charge in [-0.25, -0.2) is 0 Å². The van der Waals surface area contributed by atoms with Gasteiger partial charge in [-0.2, -0.15) is 8.42 Å². The van der Waals surface area contributed by atoms with Crippen LogP contribution >= 0.6 is 11.6 Å². The molecule has 0 atom stereocenters. The lowest BCUT2D eigenvalue weighted by molar-refractivity contribution is 0.308. The van der Waals surface area contributed by atoms with Crippen LogP contribution in [0.15, 0.2) is 24.3 Å². The molecule has 0 aliphatic rings. The molecule has 1 aromatic rings. The average molecular weight is 248 g/mol. The van der Waals surface area contributed by atoms with Crippen LogP contribution in [0.1, 0.15) is 12.0 Å². The van der Waals surface area contributed by atoms with Gasteiger partial charge in [0.05, 0.1) is 12.4 Å². The van der Waals surface area contributed by atoms with E-state index in [4.69, 9.17) is 15.8 Å². The first kappa shape index (κ1) is 12.5. The van der Waals surface area contributed by atoms with Crippen LogP contribution in [0, 0.1) is 6.92 Å². The van der Waals surface area contributed by atoms with Gasteiger partial charge in [-0.05, 0) is 24.1 Å². The van der Waals surface area contributed by atoms with Gasteiger partial charge in [-0.1, -0.05) is 30.7 Å². The fraction of sp³-hybridized carbons (Fsp3) is 0.300. The molecule has 5 heteroatoms. The minimum Gasteiger partial charge on any atom is -0.265 e. The van der Waals surface area contributed by atoms with Crippen molar-refractivity contribution in [2.24, 2.45) is 0 Å². The van der Waals surface area contributed by atoms with Crippen molar-refractivity contribution in [3.8, 4) is 0 Å². The summed E-state index contributed by atoms with van der Waals surface area (Å²) in [6.07, 6.45) is 0.308. The summed E-state index contributed by atoms with van der Waals surface area (Å²) in [5.74, 6) is -0.0550. The zero-order valence-electron chi connectivity index (χ0n) is 8.15. The molecular formula is C10H12ClO3S. The zero-order valence-corrected chi connectivity index (χ0v) is 9.72. The summed E-state index contributed by atoms with van der Waals surface area (Å²) in [7, 11) is -3.44. The molecule has 15 heavy (non-hydrogen) atoms. The van der Waals surface area contributed by atoms with Gasteiger partial charge in [0, 0.05) is 5.02 Å². The van der Waals surface area contributed by atoms with Gasteiger partial charge in [0.15, 0.2) is 0 Å². The molecule has 0 amide bonds. The van der Waals surface area contributed by atoms with Gasteiger partial charge < -0.3 is 0 Å². The Morgan fingerprint density at radius 2 is 1.87 bits per heavy atom. The van der Waals surface area contributed by atoms with E-state index in [1.165, 1.54) is 0 Å². The maximum absolute atomic E-state index is 11.2. The molecule has 0 N–H and O–H groups in total. The molecule has 3 nitrogen and oxygen atoms in total. The summed E-state index contributed by atoms with van der Waals surface area (Å²) in [5.41, 5.74) is 0.770. The Morgan fingerprint density at radius 3 is 2.40 bits per heavy atom. The van der Waals surface area contributed by atoms with E-state index in [0.717, 1.165) is 5.56 Å². The molecule has 1 rings (SSSR count). The highest BCUT2D eigenvalue weighted by atomic mass is 35.5. The highest BCUT2D eigenvalue weighted by Crippen LogP contribution is 2.11. The van der Waals surface area contributed by atoms with E-state index in [2.05, 4.69) is 6.92 Å². The molecule has 1 aromatic carbocycles. The molecule has 0 bridgehead atoms. The molecular weight excluding hydrogens is 236 g/mol. The molecule has 0 unspecified atom stereocenters. The lowest BCUT2D eigenvalue weighted by Crippen LogP contribution is -2.09.